The molecular weight excluding hydrogens is 362 g/mol. The van der Waals surface area contributed by atoms with E-state index >= 15 is 0 Å². The van der Waals surface area contributed by atoms with E-state index < -0.39 is 0 Å². The SMILES string of the molecule is CN1Cc2ccc(C(=O)Cc3ncc4ccc(-c5cncn5C)cc4n3)cc2C1. The minimum absolute atomic E-state index is 0.0458. The summed E-state index contributed by atoms with van der Waals surface area (Å²) in [6.45, 7) is 1.83. The minimum atomic E-state index is 0.0458. The molecule has 0 radical (unpaired) electrons. The molecule has 5 rings (SSSR count). The summed E-state index contributed by atoms with van der Waals surface area (Å²) >= 11 is 0. The molecule has 6 heteroatoms. The molecule has 0 aliphatic carbocycles. The summed E-state index contributed by atoms with van der Waals surface area (Å²) in [5.41, 5.74) is 6.15. The molecule has 0 amide bonds. The van der Waals surface area contributed by atoms with Crippen LogP contribution in [0.4, 0.5) is 0 Å². The van der Waals surface area contributed by atoms with Crippen LogP contribution in [-0.4, -0.2) is 37.2 Å². The van der Waals surface area contributed by atoms with Gasteiger partial charge in [0, 0.05) is 42.8 Å². The highest BCUT2D eigenvalue weighted by molar-refractivity contribution is 5.97. The maximum Gasteiger partial charge on any atom is 0.170 e. The van der Waals surface area contributed by atoms with E-state index in [0.717, 1.165) is 40.8 Å². The second-order valence-corrected chi connectivity index (χ2v) is 7.71. The van der Waals surface area contributed by atoms with Crippen molar-refractivity contribution in [2.45, 2.75) is 19.5 Å². The molecule has 144 valence electrons. The number of benzene rings is 2. The van der Waals surface area contributed by atoms with Crippen LogP contribution in [0, 0.1) is 0 Å². The van der Waals surface area contributed by atoms with Gasteiger partial charge >= 0.3 is 0 Å². The first-order valence-corrected chi connectivity index (χ1v) is 9.63. The predicted octanol–water partition coefficient (Wildman–Crippen LogP) is 3.40. The van der Waals surface area contributed by atoms with E-state index in [1.165, 1.54) is 11.1 Å². The quantitative estimate of drug-likeness (QED) is 0.506. The number of hydrogen-bond donors (Lipinski definition) is 0. The number of fused-ring (bicyclic) bond motifs is 2. The molecule has 1 aliphatic rings. The summed E-state index contributed by atoms with van der Waals surface area (Å²) in [5.74, 6) is 0.590. The van der Waals surface area contributed by atoms with Gasteiger partial charge in [-0.2, -0.15) is 0 Å². The van der Waals surface area contributed by atoms with E-state index in [9.17, 15) is 4.79 Å². The summed E-state index contributed by atoms with van der Waals surface area (Å²) in [6.07, 6.45) is 5.59. The Morgan fingerprint density at radius 3 is 2.72 bits per heavy atom. The van der Waals surface area contributed by atoms with Gasteiger partial charge in [0.05, 0.1) is 30.2 Å². The van der Waals surface area contributed by atoms with Gasteiger partial charge in [0.25, 0.3) is 0 Å². The highest BCUT2D eigenvalue weighted by Crippen LogP contribution is 2.24. The van der Waals surface area contributed by atoms with Gasteiger partial charge in [-0.05, 0) is 30.3 Å². The molecule has 29 heavy (non-hydrogen) atoms. The van der Waals surface area contributed by atoms with Gasteiger partial charge in [-0.15, -0.1) is 0 Å². The Kier molecular flexibility index (Phi) is 4.21. The van der Waals surface area contributed by atoms with Crippen LogP contribution in [0.25, 0.3) is 22.2 Å². The van der Waals surface area contributed by atoms with E-state index in [0.29, 0.717) is 5.82 Å². The first kappa shape index (κ1) is 17.7. The molecule has 0 atom stereocenters. The zero-order chi connectivity index (χ0) is 20.0. The third-order valence-electron chi connectivity index (χ3n) is 5.47. The number of nitrogens with zero attached hydrogens (tertiary/aromatic N) is 5. The van der Waals surface area contributed by atoms with Crippen molar-refractivity contribution in [3.05, 3.63) is 77.6 Å². The van der Waals surface area contributed by atoms with Gasteiger partial charge in [0.15, 0.2) is 5.78 Å². The van der Waals surface area contributed by atoms with Crippen LogP contribution >= 0.6 is 0 Å². The molecule has 6 nitrogen and oxygen atoms in total. The van der Waals surface area contributed by atoms with E-state index in [2.05, 4.69) is 33.0 Å². The lowest BCUT2D eigenvalue weighted by Gasteiger charge is -2.06. The van der Waals surface area contributed by atoms with Gasteiger partial charge in [0.2, 0.25) is 0 Å². The number of carbonyl (C=O) groups is 1. The molecule has 0 unspecified atom stereocenters. The van der Waals surface area contributed by atoms with Crippen LogP contribution in [0.15, 0.2) is 55.1 Å². The highest BCUT2D eigenvalue weighted by Gasteiger charge is 2.18. The van der Waals surface area contributed by atoms with Crippen LogP contribution in [0.3, 0.4) is 0 Å². The molecule has 0 bridgehead atoms. The normalized spacial score (nSPS) is 13.7. The number of ketones is 1. The molecule has 0 fully saturated rings. The zero-order valence-corrected chi connectivity index (χ0v) is 16.5. The smallest absolute Gasteiger partial charge is 0.170 e. The Morgan fingerprint density at radius 1 is 1.03 bits per heavy atom. The molecule has 0 saturated carbocycles. The molecule has 2 aromatic heterocycles. The lowest BCUT2D eigenvalue weighted by Crippen LogP contribution is -2.08. The van der Waals surface area contributed by atoms with Crippen molar-refractivity contribution in [3.8, 4) is 11.3 Å². The van der Waals surface area contributed by atoms with Crippen LogP contribution in [0.1, 0.15) is 27.3 Å². The average molecular weight is 383 g/mol. The van der Waals surface area contributed by atoms with Crippen molar-refractivity contribution < 1.29 is 4.79 Å². The molecule has 4 aromatic rings. The van der Waals surface area contributed by atoms with Crippen molar-refractivity contribution in [2.24, 2.45) is 7.05 Å². The molecule has 3 heterocycles. The van der Waals surface area contributed by atoms with E-state index in [-0.39, 0.29) is 12.2 Å². The fraction of sp³-hybridized carbons (Fsp3) is 0.217. The third-order valence-corrected chi connectivity index (χ3v) is 5.47. The standard InChI is InChI=1S/C23H21N5O/c1-27-12-18-6-4-16(7-19(18)13-27)22(29)9-23-25-10-17-5-3-15(8-20(17)26-23)21-11-24-14-28(21)2/h3-8,10-11,14H,9,12-13H2,1-2H3. The second-order valence-electron chi connectivity index (χ2n) is 7.71. The summed E-state index contributed by atoms with van der Waals surface area (Å²) in [7, 11) is 4.05. The van der Waals surface area contributed by atoms with E-state index in [1.807, 2.05) is 48.1 Å². The Labute approximate surface area is 168 Å². The van der Waals surface area contributed by atoms with Crippen molar-refractivity contribution >= 4 is 16.7 Å². The lowest BCUT2D eigenvalue weighted by atomic mass is 10.0. The molecular formula is C23H21N5O. The summed E-state index contributed by atoms with van der Waals surface area (Å²) in [4.78, 5) is 28.3. The molecule has 2 aromatic carbocycles. The molecule has 1 aliphatic heterocycles. The van der Waals surface area contributed by atoms with Gasteiger partial charge in [-0.3, -0.25) is 9.69 Å². The lowest BCUT2D eigenvalue weighted by molar-refractivity contribution is 0.0991. The number of hydrogen-bond acceptors (Lipinski definition) is 5. The third kappa shape index (κ3) is 3.32. The monoisotopic (exact) mass is 383 g/mol. The Bertz CT molecular complexity index is 1240. The fourth-order valence-corrected chi connectivity index (χ4v) is 3.93. The van der Waals surface area contributed by atoms with Crippen molar-refractivity contribution in [1.82, 2.24) is 24.4 Å². The minimum Gasteiger partial charge on any atom is -0.334 e. The number of aryl methyl sites for hydroxylation is 1. The van der Waals surface area contributed by atoms with Crippen LogP contribution < -0.4 is 0 Å². The van der Waals surface area contributed by atoms with E-state index in [4.69, 9.17) is 0 Å². The van der Waals surface area contributed by atoms with Crippen molar-refractivity contribution in [1.29, 1.82) is 0 Å². The Morgan fingerprint density at radius 2 is 1.90 bits per heavy atom. The topological polar surface area (TPSA) is 63.9 Å². The number of aromatic nitrogens is 4. The van der Waals surface area contributed by atoms with E-state index in [1.54, 1.807) is 12.5 Å². The summed E-state index contributed by atoms with van der Waals surface area (Å²) in [5, 5.41) is 0.952. The van der Waals surface area contributed by atoms with Gasteiger partial charge < -0.3 is 4.57 Å². The Balaban J connectivity index is 1.42. The van der Waals surface area contributed by atoms with Gasteiger partial charge in [0.1, 0.15) is 5.82 Å². The largest absolute Gasteiger partial charge is 0.334 e. The van der Waals surface area contributed by atoms with Crippen LogP contribution in [0.5, 0.6) is 0 Å². The number of Topliss-reactive ketones (excluding diaryl/α,β-unsaturated/α-hetero) is 1. The number of imidazole rings is 1. The number of rotatable bonds is 4. The van der Waals surface area contributed by atoms with Crippen molar-refractivity contribution in [3.63, 3.8) is 0 Å². The first-order chi connectivity index (χ1) is 14.1. The molecule has 0 spiro atoms. The second kappa shape index (κ2) is 6.90. The van der Waals surface area contributed by atoms with Crippen LogP contribution in [-0.2, 0) is 26.6 Å². The molecule has 0 saturated heterocycles. The number of carbonyl (C=O) groups excluding carboxylic acids is 1. The average Bonchev–Trinajstić information content (AvgIpc) is 3.31. The summed E-state index contributed by atoms with van der Waals surface area (Å²) < 4.78 is 1.97. The Hall–Kier alpha value is -3.38. The maximum absolute atomic E-state index is 12.8. The van der Waals surface area contributed by atoms with Crippen molar-refractivity contribution in [2.75, 3.05) is 7.05 Å². The van der Waals surface area contributed by atoms with Gasteiger partial charge in [-0.25, -0.2) is 15.0 Å². The zero-order valence-electron chi connectivity index (χ0n) is 16.5. The predicted molar refractivity (Wildman–Crippen MR) is 111 cm³/mol. The summed E-state index contributed by atoms with van der Waals surface area (Å²) in [6, 6.07) is 12.1. The van der Waals surface area contributed by atoms with Gasteiger partial charge in [-0.1, -0.05) is 24.3 Å². The van der Waals surface area contributed by atoms with Crippen LogP contribution in [0.2, 0.25) is 0 Å². The fourth-order valence-electron chi connectivity index (χ4n) is 3.93. The highest BCUT2D eigenvalue weighted by atomic mass is 16.1. The molecule has 0 N–H and O–H groups in total. The maximum atomic E-state index is 12.8. The first-order valence-electron chi connectivity index (χ1n) is 9.63.